The van der Waals surface area contributed by atoms with E-state index in [0.29, 0.717) is 18.8 Å². The number of carboxylic acids is 1. The minimum absolute atomic E-state index is 0.111. The molecule has 5 nitrogen and oxygen atoms in total. The molecular weight excluding hydrogens is 318 g/mol. The molecule has 0 atom stereocenters. The van der Waals surface area contributed by atoms with Crippen molar-refractivity contribution in [1.82, 2.24) is 0 Å². The van der Waals surface area contributed by atoms with Crippen LogP contribution in [0.1, 0.15) is 10.4 Å². The van der Waals surface area contributed by atoms with E-state index in [4.69, 9.17) is 9.84 Å². The van der Waals surface area contributed by atoms with Gasteiger partial charge in [0.15, 0.2) is 0 Å². The van der Waals surface area contributed by atoms with E-state index < -0.39 is 5.97 Å². The standard InChI is InChI=1S/C20H19NO4/c1-21(16-7-9-19(22)18(13-16)20(23)24)10-11-25-17-8-6-14-4-2-3-5-15(14)12-17/h2-9,12-13,22H,10-11H2,1H3,(H,23,24). The van der Waals surface area contributed by atoms with Gasteiger partial charge >= 0.3 is 5.97 Å². The van der Waals surface area contributed by atoms with E-state index in [-0.39, 0.29) is 11.3 Å². The van der Waals surface area contributed by atoms with E-state index >= 15 is 0 Å². The fourth-order valence-electron chi connectivity index (χ4n) is 2.62. The molecule has 0 heterocycles. The number of ether oxygens (including phenoxy) is 1. The molecule has 3 aromatic carbocycles. The van der Waals surface area contributed by atoms with Crippen molar-refractivity contribution < 1.29 is 19.7 Å². The van der Waals surface area contributed by atoms with Crippen molar-refractivity contribution in [2.24, 2.45) is 0 Å². The number of anilines is 1. The van der Waals surface area contributed by atoms with Crippen molar-refractivity contribution in [2.45, 2.75) is 0 Å². The van der Waals surface area contributed by atoms with Gasteiger partial charge in [-0.3, -0.25) is 0 Å². The molecule has 0 aliphatic heterocycles. The average Bonchev–Trinajstić information content (AvgIpc) is 2.61. The first-order valence-electron chi connectivity index (χ1n) is 7.93. The number of hydrogen-bond donors (Lipinski definition) is 2. The number of rotatable bonds is 6. The van der Waals surface area contributed by atoms with Gasteiger partial charge in [-0.25, -0.2) is 4.79 Å². The first kappa shape index (κ1) is 16.6. The zero-order chi connectivity index (χ0) is 17.8. The van der Waals surface area contributed by atoms with Gasteiger partial charge in [0.1, 0.15) is 23.7 Å². The monoisotopic (exact) mass is 337 g/mol. The topological polar surface area (TPSA) is 70.0 Å². The maximum Gasteiger partial charge on any atom is 0.339 e. The fourth-order valence-corrected chi connectivity index (χ4v) is 2.62. The molecule has 0 saturated heterocycles. The predicted molar refractivity (Wildman–Crippen MR) is 97.8 cm³/mol. The summed E-state index contributed by atoms with van der Waals surface area (Å²) in [6.45, 7) is 1.04. The Morgan fingerprint density at radius 1 is 1.04 bits per heavy atom. The highest BCUT2D eigenvalue weighted by Crippen LogP contribution is 2.24. The Bertz CT molecular complexity index is 907. The third kappa shape index (κ3) is 3.83. The molecule has 0 radical (unpaired) electrons. The van der Waals surface area contributed by atoms with E-state index in [9.17, 15) is 9.90 Å². The van der Waals surface area contributed by atoms with Crippen LogP contribution in [-0.4, -0.2) is 36.4 Å². The number of hydrogen-bond acceptors (Lipinski definition) is 4. The molecule has 3 aromatic rings. The van der Waals surface area contributed by atoms with Crippen molar-refractivity contribution in [1.29, 1.82) is 0 Å². The van der Waals surface area contributed by atoms with Crippen LogP contribution in [0.3, 0.4) is 0 Å². The molecule has 0 aromatic heterocycles. The summed E-state index contributed by atoms with van der Waals surface area (Å²) in [6.07, 6.45) is 0. The lowest BCUT2D eigenvalue weighted by atomic mass is 10.1. The number of likely N-dealkylation sites (N-methyl/N-ethyl adjacent to an activating group) is 1. The van der Waals surface area contributed by atoms with Crippen molar-refractivity contribution in [2.75, 3.05) is 25.1 Å². The first-order valence-corrected chi connectivity index (χ1v) is 7.93. The third-order valence-electron chi connectivity index (χ3n) is 4.07. The number of carbonyl (C=O) groups is 1. The fraction of sp³-hybridized carbons (Fsp3) is 0.150. The Morgan fingerprint density at radius 2 is 1.80 bits per heavy atom. The Hall–Kier alpha value is -3.21. The second-order valence-electron chi connectivity index (χ2n) is 5.79. The van der Waals surface area contributed by atoms with E-state index in [1.54, 1.807) is 6.07 Å². The lowest BCUT2D eigenvalue weighted by Crippen LogP contribution is -2.24. The summed E-state index contributed by atoms with van der Waals surface area (Å²) in [5, 5.41) is 20.9. The highest BCUT2D eigenvalue weighted by Gasteiger charge is 2.12. The number of benzene rings is 3. The smallest absolute Gasteiger partial charge is 0.339 e. The van der Waals surface area contributed by atoms with Crippen LogP contribution in [0, 0.1) is 0 Å². The SMILES string of the molecule is CN(CCOc1ccc2ccccc2c1)c1ccc(O)c(C(=O)O)c1. The summed E-state index contributed by atoms with van der Waals surface area (Å²) in [5.41, 5.74) is 0.595. The quantitative estimate of drug-likeness (QED) is 0.717. The summed E-state index contributed by atoms with van der Waals surface area (Å²) in [5.74, 6) is -0.596. The molecule has 0 fully saturated rings. The second kappa shape index (κ2) is 7.13. The summed E-state index contributed by atoms with van der Waals surface area (Å²) in [7, 11) is 1.85. The van der Waals surface area contributed by atoms with Crippen molar-refractivity contribution >= 4 is 22.4 Å². The minimum Gasteiger partial charge on any atom is -0.507 e. The normalized spacial score (nSPS) is 10.6. The molecule has 3 rings (SSSR count). The van der Waals surface area contributed by atoms with E-state index in [0.717, 1.165) is 16.5 Å². The Labute approximate surface area is 145 Å². The third-order valence-corrected chi connectivity index (χ3v) is 4.07. The molecule has 2 N–H and O–H groups in total. The molecule has 0 saturated carbocycles. The van der Waals surface area contributed by atoms with E-state index in [1.165, 1.54) is 12.1 Å². The molecule has 128 valence electrons. The molecule has 0 unspecified atom stereocenters. The Morgan fingerprint density at radius 3 is 2.56 bits per heavy atom. The average molecular weight is 337 g/mol. The summed E-state index contributed by atoms with van der Waals surface area (Å²) >= 11 is 0. The molecular formula is C20H19NO4. The minimum atomic E-state index is -1.15. The maximum absolute atomic E-state index is 11.1. The zero-order valence-corrected chi connectivity index (χ0v) is 13.8. The Kier molecular flexibility index (Phi) is 4.75. The van der Waals surface area contributed by atoms with Crippen LogP contribution in [0.5, 0.6) is 11.5 Å². The number of aromatic hydroxyl groups is 1. The van der Waals surface area contributed by atoms with Crippen LogP contribution in [-0.2, 0) is 0 Å². The molecule has 0 aliphatic carbocycles. The first-order chi connectivity index (χ1) is 12.0. The van der Waals surface area contributed by atoms with Gasteiger partial charge in [-0.15, -0.1) is 0 Å². The lowest BCUT2D eigenvalue weighted by Gasteiger charge is -2.20. The van der Waals surface area contributed by atoms with Crippen LogP contribution < -0.4 is 9.64 Å². The van der Waals surface area contributed by atoms with Gasteiger partial charge in [-0.1, -0.05) is 30.3 Å². The molecule has 0 bridgehead atoms. The number of phenols is 1. The largest absolute Gasteiger partial charge is 0.507 e. The summed E-state index contributed by atoms with van der Waals surface area (Å²) < 4.78 is 5.80. The lowest BCUT2D eigenvalue weighted by molar-refractivity contribution is 0.0694. The van der Waals surface area contributed by atoms with Crippen LogP contribution in [0.2, 0.25) is 0 Å². The van der Waals surface area contributed by atoms with E-state index in [1.807, 2.05) is 48.3 Å². The van der Waals surface area contributed by atoms with Crippen molar-refractivity contribution in [3.8, 4) is 11.5 Å². The van der Waals surface area contributed by atoms with Crippen molar-refractivity contribution in [3.63, 3.8) is 0 Å². The Balaban J connectivity index is 1.63. The van der Waals surface area contributed by atoms with Crippen LogP contribution in [0.15, 0.2) is 60.7 Å². The second-order valence-corrected chi connectivity index (χ2v) is 5.79. The maximum atomic E-state index is 11.1. The zero-order valence-electron chi connectivity index (χ0n) is 13.8. The van der Waals surface area contributed by atoms with Crippen LogP contribution >= 0.6 is 0 Å². The highest BCUT2D eigenvalue weighted by molar-refractivity contribution is 5.92. The predicted octanol–water partition coefficient (Wildman–Crippen LogP) is 3.76. The van der Waals surface area contributed by atoms with Gasteiger partial charge in [0.2, 0.25) is 0 Å². The van der Waals surface area contributed by atoms with Gasteiger partial charge in [0.25, 0.3) is 0 Å². The molecule has 0 amide bonds. The van der Waals surface area contributed by atoms with Crippen molar-refractivity contribution in [3.05, 3.63) is 66.2 Å². The molecule has 25 heavy (non-hydrogen) atoms. The molecule has 0 aliphatic rings. The number of carboxylic acid groups (broad SMARTS) is 1. The number of nitrogens with zero attached hydrogens (tertiary/aromatic N) is 1. The number of aromatic carboxylic acids is 1. The summed E-state index contributed by atoms with van der Waals surface area (Å²) in [4.78, 5) is 13.0. The van der Waals surface area contributed by atoms with Crippen LogP contribution in [0.4, 0.5) is 5.69 Å². The summed E-state index contributed by atoms with van der Waals surface area (Å²) in [6, 6.07) is 18.6. The van der Waals surface area contributed by atoms with Gasteiger partial charge in [0, 0.05) is 12.7 Å². The van der Waals surface area contributed by atoms with Gasteiger partial charge < -0.3 is 19.8 Å². The molecule has 0 spiro atoms. The van der Waals surface area contributed by atoms with Crippen LogP contribution in [0.25, 0.3) is 10.8 Å². The number of fused-ring (bicyclic) bond motifs is 1. The van der Waals surface area contributed by atoms with Gasteiger partial charge in [-0.2, -0.15) is 0 Å². The van der Waals surface area contributed by atoms with Gasteiger partial charge in [0.05, 0.1) is 6.54 Å². The highest BCUT2D eigenvalue weighted by atomic mass is 16.5. The van der Waals surface area contributed by atoms with E-state index in [2.05, 4.69) is 6.07 Å². The van der Waals surface area contributed by atoms with Gasteiger partial charge in [-0.05, 0) is 41.1 Å². The molecule has 5 heteroatoms.